The van der Waals surface area contributed by atoms with Gasteiger partial charge in [-0.05, 0) is 30.2 Å². The van der Waals surface area contributed by atoms with Crippen LogP contribution >= 0.6 is 0 Å². The fourth-order valence-electron chi connectivity index (χ4n) is 1.86. The second-order valence-electron chi connectivity index (χ2n) is 3.99. The average Bonchev–Trinajstić information content (AvgIpc) is 2.26. The zero-order valence-corrected chi connectivity index (χ0v) is 8.71. The first-order chi connectivity index (χ1) is 7.88. The molecule has 1 atom stereocenters. The zero-order valence-electron chi connectivity index (χ0n) is 8.71. The molecule has 0 amide bonds. The van der Waals surface area contributed by atoms with Gasteiger partial charge in [0.15, 0.2) is 0 Å². The summed E-state index contributed by atoms with van der Waals surface area (Å²) in [7, 11) is 0. The Kier molecular flexibility index (Phi) is 2.73. The standard InChI is InChI=1S/C11H10F3NO2/c12-11(13,14)8-1-2-9-6(4-8)3-7(5-15-9)10(16)17/h1-2,4,7,15H,3,5H2,(H,16,17). The highest BCUT2D eigenvalue weighted by Crippen LogP contribution is 2.34. The number of alkyl halides is 3. The monoisotopic (exact) mass is 245 g/mol. The van der Waals surface area contributed by atoms with Crippen molar-refractivity contribution in [2.24, 2.45) is 5.92 Å². The van der Waals surface area contributed by atoms with Crippen LogP contribution in [0.25, 0.3) is 0 Å². The van der Waals surface area contributed by atoms with Crippen LogP contribution in [0.1, 0.15) is 11.1 Å². The zero-order chi connectivity index (χ0) is 12.6. The van der Waals surface area contributed by atoms with E-state index in [0.29, 0.717) is 11.3 Å². The van der Waals surface area contributed by atoms with Gasteiger partial charge in [-0.1, -0.05) is 0 Å². The Labute approximate surface area is 95.3 Å². The quantitative estimate of drug-likeness (QED) is 0.798. The van der Waals surface area contributed by atoms with Crippen LogP contribution in [0.2, 0.25) is 0 Å². The van der Waals surface area contributed by atoms with Crippen molar-refractivity contribution < 1.29 is 23.1 Å². The maximum Gasteiger partial charge on any atom is 0.416 e. The van der Waals surface area contributed by atoms with E-state index in [1.54, 1.807) is 0 Å². The number of carboxylic acids is 1. The number of benzene rings is 1. The molecule has 1 aromatic carbocycles. The number of halogens is 3. The first kappa shape index (κ1) is 11.8. The summed E-state index contributed by atoms with van der Waals surface area (Å²) in [6.45, 7) is 0.244. The van der Waals surface area contributed by atoms with Crippen molar-refractivity contribution >= 4 is 11.7 Å². The molecule has 2 rings (SSSR count). The highest BCUT2D eigenvalue weighted by molar-refractivity contribution is 5.73. The molecule has 0 aromatic heterocycles. The normalized spacial score (nSPS) is 19.4. The Morgan fingerprint density at radius 2 is 2.12 bits per heavy atom. The predicted molar refractivity (Wildman–Crippen MR) is 54.8 cm³/mol. The molecular weight excluding hydrogens is 235 g/mol. The molecule has 0 spiro atoms. The third-order valence-electron chi connectivity index (χ3n) is 2.79. The van der Waals surface area contributed by atoms with Gasteiger partial charge in [-0.15, -0.1) is 0 Å². The third-order valence-corrected chi connectivity index (χ3v) is 2.79. The third kappa shape index (κ3) is 2.35. The molecule has 2 N–H and O–H groups in total. The van der Waals surface area contributed by atoms with E-state index in [2.05, 4.69) is 5.32 Å². The maximum atomic E-state index is 12.5. The number of hydrogen-bond donors (Lipinski definition) is 2. The smallest absolute Gasteiger partial charge is 0.416 e. The first-order valence-electron chi connectivity index (χ1n) is 5.04. The number of fused-ring (bicyclic) bond motifs is 1. The van der Waals surface area contributed by atoms with E-state index in [9.17, 15) is 18.0 Å². The molecule has 1 aromatic rings. The Morgan fingerprint density at radius 1 is 1.41 bits per heavy atom. The van der Waals surface area contributed by atoms with Crippen LogP contribution in [0.3, 0.4) is 0 Å². The van der Waals surface area contributed by atoms with Crippen LogP contribution in [-0.2, 0) is 17.4 Å². The first-order valence-corrected chi connectivity index (χ1v) is 5.04. The van der Waals surface area contributed by atoms with Gasteiger partial charge in [0.05, 0.1) is 11.5 Å². The summed E-state index contributed by atoms with van der Waals surface area (Å²) in [4.78, 5) is 10.8. The van der Waals surface area contributed by atoms with Crippen molar-refractivity contribution in [1.82, 2.24) is 0 Å². The number of aliphatic carboxylic acids is 1. The van der Waals surface area contributed by atoms with E-state index in [1.807, 2.05) is 0 Å². The Morgan fingerprint density at radius 3 is 2.71 bits per heavy atom. The summed E-state index contributed by atoms with van der Waals surface area (Å²) in [5.41, 5.74) is 0.234. The molecule has 92 valence electrons. The number of carboxylic acid groups (broad SMARTS) is 1. The highest BCUT2D eigenvalue weighted by atomic mass is 19.4. The van der Waals surface area contributed by atoms with Crippen LogP contribution in [0.4, 0.5) is 18.9 Å². The van der Waals surface area contributed by atoms with Gasteiger partial charge in [-0.3, -0.25) is 4.79 Å². The number of carbonyl (C=O) groups is 1. The van der Waals surface area contributed by atoms with Crippen molar-refractivity contribution in [3.8, 4) is 0 Å². The number of nitrogens with one attached hydrogen (secondary N) is 1. The minimum absolute atomic E-state index is 0.127. The molecular formula is C11H10F3NO2. The maximum absolute atomic E-state index is 12.5. The molecule has 0 radical (unpaired) electrons. The van der Waals surface area contributed by atoms with Crippen molar-refractivity contribution in [2.45, 2.75) is 12.6 Å². The molecule has 17 heavy (non-hydrogen) atoms. The highest BCUT2D eigenvalue weighted by Gasteiger charge is 2.32. The molecule has 0 fully saturated rings. The summed E-state index contributed by atoms with van der Waals surface area (Å²) >= 11 is 0. The lowest BCUT2D eigenvalue weighted by Gasteiger charge is -2.24. The van der Waals surface area contributed by atoms with E-state index >= 15 is 0 Å². The molecule has 0 aliphatic carbocycles. The van der Waals surface area contributed by atoms with E-state index in [1.165, 1.54) is 6.07 Å². The van der Waals surface area contributed by atoms with E-state index < -0.39 is 23.6 Å². The van der Waals surface area contributed by atoms with Crippen LogP contribution < -0.4 is 5.32 Å². The Balaban J connectivity index is 2.32. The second kappa shape index (κ2) is 3.94. The van der Waals surface area contributed by atoms with Crippen LogP contribution in [0.15, 0.2) is 18.2 Å². The van der Waals surface area contributed by atoms with E-state index in [4.69, 9.17) is 5.11 Å². The fourth-order valence-corrected chi connectivity index (χ4v) is 1.86. The van der Waals surface area contributed by atoms with Gasteiger partial charge in [-0.25, -0.2) is 0 Å². The van der Waals surface area contributed by atoms with Crippen molar-refractivity contribution in [3.05, 3.63) is 29.3 Å². The number of hydrogen-bond acceptors (Lipinski definition) is 2. The van der Waals surface area contributed by atoms with E-state index in [-0.39, 0.29) is 13.0 Å². The van der Waals surface area contributed by atoms with Gasteiger partial charge in [0, 0.05) is 12.2 Å². The summed E-state index contributed by atoms with van der Waals surface area (Å²) in [6.07, 6.45) is -4.27. The molecule has 0 saturated heterocycles. The lowest BCUT2D eigenvalue weighted by Crippen LogP contribution is -2.29. The van der Waals surface area contributed by atoms with Gasteiger partial charge >= 0.3 is 12.1 Å². The molecule has 1 aliphatic heterocycles. The lowest BCUT2D eigenvalue weighted by molar-refractivity contribution is -0.141. The van der Waals surface area contributed by atoms with Crippen molar-refractivity contribution in [3.63, 3.8) is 0 Å². The van der Waals surface area contributed by atoms with Gasteiger partial charge < -0.3 is 10.4 Å². The topological polar surface area (TPSA) is 49.3 Å². The minimum atomic E-state index is -4.40. The predicted octanol–water partition coefficient (Wildman–Crippen LogP) is 2.37. The average molecular weight is 245 g/mol. The molecule has 0 bridgehead atoms. The number of anilines is 1. The molecule has 3 nitrogen and oxygen atoms in total. The van der Waals surface area contributed by atoms with E-state index in [0.717, 1.165) is 12.1 Å². The molecule has 0 saturated carbocycles. The summed E-state index contributed by atoms with van der Waals surface area (Å²) in [5.74, 6) is -1.67. The molecule has 1 heterocycles. The molecule has 1 unspecified atom stereocenters. The van der Waals surface area contributed by atoms with Gasteiger partial charge in [-0.2, -0.15) is 13.2 Å². The second-order valence-corrected chi connectivity index (χ2v) is 3.99. The number of rotatable bonds is 1. The van der Waals surface area contributed by atoms with Crippen LogP contribution in [0, 0.1) is 5.92 Å². The largest absolute Gasteiger partial charge is 0.481 e. The van der Waals surface area contributed by atoms with Gasteiger partial charge in [0.25, 0.3) is 0 Å². The SMILES string of the molecule is O=C(O)C1CNc2ccc(C(F)(F)F)cc2C1. The molecule has 1 aliphatic rings. The lowest BCUT2D eigenvalue weighted by atomic mass is 9.93. The summed E-state index contributed by atoms with van der Waals surface area (Å²) in [5, 5.41) is 11.7. The summed E-state index contributed by atoms with van der Waals surface area (Å²) in [6, 6.07) is 3.35. The Hall–Kier alpha value is -1.72. The summed E-state index contributed by atoms with van der Waals surface area (Å²) < 4.78 is 37.4. The minimum Gasteiger partial charge on any atom is -0.481 e. The Bertz CT molecular complexity index is 457. The van der Waals surface area contributed by atoms with Crippen LogP contribution in [0.5, 0.6) is 0 Å². The van der Waals surface area contributed by atoms with Crippen LogP contribution in [-0.4, -0.2) is 17.6 Å². The fraction of sp³-hybridized carbons (Fsp3) is 0.364. The van der Waals surface area contributed by atoms with Crippen molar-refractivity contribution in [2.75, 3.05) is 11.9 Å². The van der Waals surface area contributed by atoms with Gasteiger partial charge in [0.2, 0.25) is 0 Å². The molecule has 6 heteroatoms. The van der Waals surface area contributed by atoms with Gasteiger partial charge in [0.1, 0.15) is 0 Å². The van der Waals surface area contributed by atoms with Crippen molar-refractivity contribution in [1.29, 1.82) is 0 Å².